The molecule has 0 spiro atoms. The summed E-state index contributed by atoms with van der Waals surface area (Å²) < 4.78 is 0. The number of hydrogen-bond donors (Lipinski definition) is 1. The number of rotatable bonds is 4. The Morgan fingerprint density at radius 3 is 2.36 bits per heavy atom. The lowest BCUT2D eigenvalue weighted by Gasteiger charge is -2.42. The van der Waals surface area contributed by atoms with Gasteiger partial charge in [0.1, 0.15) is 0 Å². The van der Waals surface area contributed by atoms with Crippen LogP contribution in [0, 0.1) is 5.41 Å². The van der Waals surface area contributed by atoms with Crippen LogP contribution >= 0.6 is 0 Å². The van der Waals surface area contributed by atoms with E-state index in [0.29, 0.717) is 11.5 Å². The Labute approximate surface area is 70.4 Å². The van der Waals surface area contributed by atoms with Crippen LogP contribution in [0.5, 0.6) is 0 Å². The molecule has 1 heteroatoms. The third kappa shape index (κ3) is 2.19. The molecule has 0 bridgehead atoms. The molecule has 0 amide bonds. The van der Waals surface area contributed by atoms with E-state index in [-0.39, 0.29) is 0 Å². The molecule has 1 nitrogen and oxygen atoms in total. The van der Waals surface area contributed by atoms with Crippen molar-refractivity contribution < 1.29 is 0 Å². The summed E-state index contributed by atoms with van der Waals surface area (Å²) in [6.45, 7) is 4.43. The summed E-state index contributed by atoms with van der Waals surface area (Å²) in [4.78, 5) is 0. The average Bonchev–Trinajstić information content (AvgIpc) is 1.86. The molecule has 1 atom stereocenters. The summed E-state index contributed by atoms with van der Waals surface area (Å²) in [5.74, 6) is 0. The largest absolute Gasteiger partial charge is 0.328 e. The average molecular weight is 155 g/mol. The van der Waals surface area contributed by atoms with Gasteiger partial charge in [0.15, 0.2) is 0 Å². The molecule has 1 rings (SSSR count). The zero-order valence-electron chi connectivity index (χ0n) is 7.90. The molecule has 11 heavy (non-hydrogen) atoms. The molecular weight excluding hydrogens is 134 g/mol. The lowest BCUT2D eigenvalue weighted by molar-refractivity contribution is 0.108. The second-order valence-corrected chi connectivity index (χ2v) is 4.22. The Morgan fingerprint density at radius 1 is 1.45 bits per heavy atom. The maximum atomic E-state index is 5.73. The fraction of sp³-hybridized carbons (Fsp3) is 1.00. The minimum absolute atomic E-state index is 0.402. The molecule has 2 N–H and O–H groups in total. The van der Waals surface area contributed by atoms with Crippen molar-refractivity contribution in [3.8, 4) is 0 Å². The molecule has 0 unspecified atom stereocenters. The molecule has 1 aliphatic rings. The second-order valence-electron chi connectivity index (χ2n) is 4.22. The van der Waals surface area contributed by atoms with Crippen molar-refractivity contribution in [2.75, 3.05) is 0 Å². The van der Waals surface area contributed by atoms with Crippen LogP contribution in [0.25, 0.3) is 0 Å². The maximum Gasteiger partial charge on any atom is 0.00106 e. The number of hydrogen-bond acceptors (Lipinski definition) is 1. The fourth-order valence-electron chi connectivity index (χ4n) is 1.99. The molecule has 1 aliphatic carbocycles. The predicted octanol–water partition coefficient (Wildman–Crippen LogP) is 2.69. The van der Waals surface area contributed by atoms with Gasteiger partial charge >= 0.3 is 0 Å². The van der Waals surface area contributed by atoms with Crippen molar-refractivity contribution in [3.63, 3.8) is 0 Å². The van der Waals surface area contributed by atoms with Crippen LogP contribution in [0.15, 0.2) is 0 Å². The van der Waals surface area contributed by atoms with Gasteiger partial charge in [-0.05, 0) is 38.0 Å². The summed E-state index contributed by atoms with van der Waals surface area (Å²) in [6, 6.07) is 0.402. The summed E-state index contributed by atoms with van der Waals surface area (Å²) in [5, 5.41) is 0. The molecular formula is C10H21N. The third-order valence-electron chi connectivity index (χ3n) is 3.29. The van der Waals surface area contributed by atoms with Gasteiger partial charge in [-0.15, -0.1) is 0 Å². The molecule has 0 saturated heterocycles. The van der Waals surface area contributed by atoms with Gasteiger partial charge in [-0.2, -0.15) is 0 Å². The Morgan fingerprint density at radius 2 is 2.09 bits per heavy atom. The summed E-state index contributed by atoms with van der Waals surface area (Å²) in [7, 11) is 0. The Balaban J connectivity index is 2.22. The fourth-order valence-corrected chi connectivity index (χ4v) is 1.99. The summed E-state index contributed by atoms with van der Waals surface area (Å²) in [5.41, 5.74) is 6.45. The van der Waals surface area contributed by atoms with Crippen LogP contribution in [0.4, 0.5) is 0 Å². The summed E-state index contributed by atoms with van der Waals surface area (Å²) in [6.07, 6.45) is 8.30. The molecule has 66 valence electrons. The highest BCUT2D eigenvalue weighted by molar-refractivity contribution is 4.86. The maximum absolute atomic E-state index is 5.73. The zero-order valence-corrected chi connectivity index (χ0v) is 7.90. The Bertz CT molecular complexity index is 109. The van der Waals surface area contributed by atoms with Gasteiger partial charge < -0.3 is 5.73 Å². The van der Waals surface area contributed by atoms with E-state index < -0.39 is 0 Å². The highest BCUT2D eigenvalue weighted by atomic mass is 14.6. The molecule has 0 aromatic heterocycles. The Kier molecular flexibility index (Phi) is 2.94. The molecule has 0 aliphatic heterocycles. The van der Waals surface area contributed by atoms with Crippen LogP contribution in [0.1, 0.15) is 52.4 Å². The normalized spacial score (nSPS) is 24.3. The van der Waals surface area contributed by atoms with E-state index in [1.807, 2.05) is 0 Å². The van der Waals surface area contributed by atoms with E-state index in [2.05, 4.69) is 13.8 Å². The monoisotopic (exact) mass is 155 g/mol. The van der Waals surface area contributed by atoms with E-state index in [4.69, 9.17) is 5.73 Å². The molecule has 1 fully saturated rings. The van der Waals surface area contributed by atoms with Gasteiger partial charge in [0.2, 0.25) is 0 Å². The van der Waals surface area contributed by atoms with Crippen LogP contribution < -0.4 is 5.73 Å². The SMILES string of the molecule is CCC1(CC[C@H](C)N)CCC1. The molecule has 0 aromatic carbocycles. The third-order valence-corrected chi connectivity index (χ3v) is 3.29. The van der Waals surface area contributed by atoms with Crippen LogP contribution in [-0.2, 0) is 0 Å². The molecule has 1 saturated carbocycles. The van der Waals surface area contributed by atoms with Gasteiger partial charge in [-0.1, -0.05) is 19.8 Å². The van der Waals surface area contributed by atoms with Crippen molar-refractivity contribution in [2.24, 2.45) is 11.1 Å². The topological polar surface area (TPSA) is 26.0 Å². The molecule has 0 aromatic rings. The van der Waals surface area contributed by atoms with Gasteiger partial charge in [0, 0.05) is 6.04 Å². The first kappa shape index (κ1) is 9.05. The van der Waals surface area contributed by atoms with E-state index in [1.165, 1.54) is 38.5 Å². The number of nitrogens with two attached hydrogens (primary N) is 1. The highest BCUT2D eigenvalue weighted by Crippen LogP contribution is 2.47. The minimum atomic E-state index is 0.402. The van der Waals surface area contributed by atoms with Gasteiger partial charge in [0.05, 0.1) is 0 Å². The quantitative estimate of drug-likeness (QED) is 0.663. The van der Waals surface area contributed by atoms with E-state index in [9.17, 15) is 0 Å². The van der Waals surface area contributed by atoms with Crippen molar-refractivity contribution in [1.29, 1.82) is 0 Å². The highest BCUT2D eigenvalue weighted by Gasteiger charge is 2.34. The first-order valence-corrected chi connectivity index (χ1v) is 4.94. The van der Waals surface area contributed by atoms with Crippen molar-refractivity contribution >= 4 is 0 Å². The van der Waals surface area contributed by atoms with E-state index in [1.54, 1.807) is 0 Å². The van der Waals surface area contributed by atoms with Crippen molar-refractivity contribution in [2.45, 2.75) is 58.4 Å². The van der Waals surface area contributed by atoms with Gasteiger partial charge in [-0.25, -0.2) is 0 Å². The standard InChI is InChI=1S/C10H21N/c1-3-10(6-4-7-10)8-5-9(2)11/h9H,3-8,11H2,1-2H3/t9-/m0/s1. The van der Waals surface area contributed by atoms with Gasteiger partial charge in [0.25, 0.3) is 0 Å². The molecule has 0 heterocycles. The second kappa shape index (κ2) is 3.57. The molecule has 0 radical (unpaired) electrons. The lowest BCUT2D eigenvalue weighted by Crippen LogP contribution is -2.30. The predicted molar refractivity (Wildman–Crippen MR) is 49.5 cm³/mol. The van der Waals surface area contributed by atoms with Crippen molar-refractivity contribution in [1.82, 2.24) is 0 Å². The lowest BCUT2D eigenvalue weighted by atomic mass is 9.64. The summed E-state index contributed by atoms with van der Waals surface area (Å²) >= 11 is 0. The Hall–Kier alpha value is -0.0400. The first-order valence-electron chi connectivity index (χ1n) is 4.94. The van der Waals surface area contributed by atoms with Crippen LogP contribution in [0.3, 0.4) is 0 Å². The minimum Gasteiger partial charge on any atom is -0.328 e. The van der Waals surface area contributed by atoms with Crippen molar-refractivity contribution in [3.05, 3.63) is 0 Å². The van der Waals surface area contributed by atoms with Crippen LogP contribution in [0.2, 0.25) is 0 Å². The first-order chi connectivity index (χ1) is 5.18. The smallest absolute Gasteiger partial charge is 0.00106 e. The van der Waals surface area contributed by atoms with E-state index >= 15 is 0 Å². The van der Waals surface area contributed by atoms with E-state index in [0.717, 1.165) is 0 Å². The zero-order chi connectivity index (χ0) is 8.32. The van der Waals surface area contributed by atoms with Gasteiger partial charge in [-0.3, -0.25) is 0 Å². The van der Waals surface area contributed by atoms with Crippen LogP contribution in [-0.4, -0.2) is 6.04 Å².